The third-order valence-corrected chi connectivity index (χ3v) is 2.63. The second-order valence-electron chi connectivity index (χ2n) is 4.51. The van der Waals surface area contributed by atoms with E-state index in [9.17, 15) is 19.8 Å². The van der Waals surface area contributed by atoms with E-state index in [1.54, 1.807) is 24.3 Å². The molecule has 2 atom stereocenters. The molecule has 1 rings (SSSR count). The maximum Gasteiger partial charge on any atom is 0.407 e. The summed E-state index contributed by atoms with van der Waals surface area (Å²) in [5, 5.41) is 29.7. The van der Waals surface area contributed by atoms with Crippen molar-refractivity contribution in [2.75, 3.05) is 6.54 Å². The largest absolute Gasteiger partial charge is 0.479 e. The number of benzene rings is 1. The van der Waals surface area contributed by atoms with Crippen molar-refractivity contribution in [3.05, 3.63) is 35.9 Å². The molecule has 7 heteroatoms. The summed E-state index contributed by atoms with van der Waals surface area (Å²) in [7, 11) is 0. The predicted molar refractivity (Wildman–Crippen MR) is 68.9 cm³/mol. The molecule has 0 aliphatic heterocycles. The van der Waals surface area contributed by atoms with Gasteiger partial charge in [-0.05, 0) is 12.5 Å². The highest BCUT2D eigenvalue weighted by molar-refractivity contribution is 5.74. The second kappa shape index (κ2) is 6.88. The van der Waals surface area contributed by atoms with E-state index >= 15 is 0 Å². The zero-order chi connectivity index (χ0) is 15.2. The highest BCUT2D eigenvalue weighted by Gasteiger charge is 2.36. The van der Waals surface area contributed by atoms with E-state index in [0.717, 1.165) is 12.5 Å². The van der Waals surface area contributed by atoms with Crippen molar-refractivity contribution in [1.29, 1.82) is 0 Å². The van der Waals surface area contributed by atoms with Gasteiger partial charge >= 0.3 is 12.1 Å². The molecule has 7 nitrogen and oxygen atoms in total. The van der Waals surface area contributed by atoms with Crippen LogP contribution in [0.4, 0.5) is 4.79 Å². The Bertz CT molecular complexity index is 459. The minimum absolute atomic E-state index is 0.0519. The number of ether oxygens (including phenoxy) is 1. The van der Waals surface area contributed by atoms with Crippen molar-refractivity contribution >= 4 is 12.1 Å². The Balaban J connectivity index is 2.38. The topological polar surface area (TPSA) is 116 Å². The van der Waals surface area contributed by atoms with E-state index in [1.165, 1.54) is 0 Å². The Labute approximate surface area is 115 Å². The predicted octanol–water partition coefficient (Wildman–Crippen LogP) is 0.109. The standard InChI is InChI=1S/C13H17NO6/c1-13(19,10(15)11(16)17)8-14-12(18)20-7-9-5-3-2-4-6-9/h2-6,10,15,19H,7-8H2,1H3,(H,14,18)(H,16,17)/t10-,13+/m1/s1. The molecule has 0 fully saturated rings. The summed E-state index contributed by atoms with van der Waals surface area (Å²) < 4.78 is 4.87. The number of carboxylic acids is 1. The summed E-state index contributed by atoms with van der Waals surface area (Å²) in [6.07, 6.45) is -2.82. The van der Waals surface area contributed by atoms with Crippen molar-refractivity contribution in [3.8, 4) is 0 Å². The fourth-order valence-corrected chi connectivity index (χ4v) is 1.39. The van der Waals surface area contributed by atoms with Gasteiger partial charge in [0.05, 0.1) is 6.54 Å². The Morgan fingerprint density at radius 1 is 1.35 bits per heavy atom. The molecule has 0 bridgehead atoms. The number of rotatable bonds is 6. The van der Waals surface area contributed by atoms with Gasteiger partial charge in [0.25, 0.3) is 0 Å². The van der Waals surface area contributed by atoms with Crippen molar-refractivity contribution in [1.82, 2.24) is 5.32 Å². The van der Waals surface area contributed by atoms with Gasteiger partial charge in [-0.1, -0.05) is 30.3 Å². The lowest BCUT2D eigenvalue weighted by Gasteiger charge is -2.26. The van der Waals surface area contributed by atoms with Gasteiger partial charge in [-0.25, -0.2) is 9.59 Å². The zero-order valence-corrected chi connectivity index (χ0v) is 10.9. The molecule has 0 spiro atoms. The van der Waals surface area contributed by atoms with Crippen molar-refractivity contribution in [3.63, 3.8) is 0 Å². The number of hydrogen-bond donors (Lipinski definition) is 4. The van der Waals surface area contributed by atoms with Crippen molar-refractivity contribution < 1.29 is 29.6 Å². The van der Waals surface area contributed by atoms with Crippen LogP contribution in [0.1, 0.15) is 12.5 Å². The van der Waals surface area contributed by atoms with Crippen LogP contribution in [0.5, 0.6) is 0 Å². The van der Waals surface area contributed by atoms with Crippen LogP contribution in [0.15, 0.2) is 30.3 Å². The van der Waals surface area contributed by atoms with E-state index < -0.39 is 30.3 Å². The molecule has 0 aliphatic rings. The highest BCUT2D eigenvalue weighted by atomic mass is 16.5. The quantitative estimate of drug-likeness (QED) is 0.589. The van der Waals surface area contributed by atoms with E-state index in [2.05, 4.69) is 5.32 Å². The number of aliphatic hydroxyl groups excluding tert-OH is 1. The van der Waals surface area contributed by atoms with Gasteiger partial charge in [0.15, 0.2) is 6.10 Å². The number of amides is 1. The van der Waals surface area contributed by atoms with E-state index in [4.69, 9.17) is 9.84 Å². The number of aliphatic hydroxyl groups is 2. The van der Waals surface area contributed by atoms with Crippen LogP contribution in [0, 0.1) is 0 Å². The first-order valence-corrected chi connectivity index (χ1v) is 5.91. The third kappa shape index (κ3) is 4.87. The molecule has 110 valence electrons. The van der Waals surface area contributed by atoms with E-state index in [-0.39, 0.29) is 6.61 Å². The molecule has 1 aromatic rings. The molecule has 0 aromatic heterocycles. The molecule has 20 heavy (non-hydrogen) atoms. The maximum atomic E-state index is 11.4. The van der Waals surface area contributed by atoms with Crippen LogP contribution in [0.25, 0.3) is 0 Å². The molecule has 0 heterocycles. The lowest BCUT2D eigenvalue weighted by atomic mass is 9.99. The number of carboxylic acid groups (broad SMARTS) is 1. The minimum Gasteiger partial charge on any atom is -0.479 e. The van der Waals surface area contributed by atoms with Gasteiger partial charge in [0, 0.05) is 0 Å². The van der Waals surface area contributed by atoms with Crippen LogP contribution in [-0.4, -0.2) is 45.6 Å². The van der Waals surface area contributed by atoms with Gasteiger partial charge < -0.3 is 25.4 Å². The van der Waals surface area contributed by atoms with Crippen LogP contribution < -0.4 is 5.32 Å². The SMILES string of the molecule is C[C@](O)(CNC(=O)OCc1ccccc1)[C@H](O)C(=O)O. The fourth-order valence-electron chi connectivity index (χ4n) is 1.39. The first-order valence-electron chi connectivity index (χ1n) is 5.91. The average molecular weight is 283 g/mol. The number of nitrogens with one attached hydrogen (secondary N) is 1. The molecule has 0 saturated heterocycles. The number of carbonyl (C=O) groups excluding carboxylic acids is 1. The van der Waals surface area contributed by atoms with Crippen molar-refractivity contribution in [2.24, 2.45) is 0 Å². The Hall–Kier alpha value is -2.12. The molecule has 0 radical (unpaired) electrons. The highest BCUT2D eigenvalue weighted by Crippen LogP contribution is 2.09. The summed E-state index contributed by atoms with van der Waals surface area (Å²) in [6.45, 7) is 0.702. The molecule has 0 aliphatic carbocycles. The van der Waals surface area contributed by atoms with Gasteiger partial charge in [-0.15, -0.1) is 0 Å². The van der Waals surface area contributed by atoms with Gasteiger partial charge in [0.2, 0.25) is 0 Å². The molecule has 0 unspecified atom stereocenters. The molecule has 1 amide bonds. The summed E-state index contributed by atoms with van der Waals surface area (Å²) in [5.41, 5.74) is -1.20. The Morgan fingerprint density at radius 3 is 2.50 bits per heavy atom. The first kappa shape index (κ1) is 15.9. The fraction of sp³-hybridized carbons (Fsp3) is 0.385. The molecule has 0 saturated carbocycles. The van der Waals surface area contributed by atoms with Crippen LogP contribution >= 0.6 is 0 Å². The smallest absolute Gasteiger partial charge is 0.407 e. The Morgan fingerprint density at radius 2 is 1.95 bits per heavy atom. The van der Waals surface area contributed by atoms with Crippen molar-refractivity contribution in [2.45, 2.75) is 25.2 Å². The van der Waals surface area contributed by atoms with Gasteiger partial charge in [0.1, 0.15) is 12.2 Å². The lowest BCUT2D eigenvalue weighted by Crippen LogP contribution is -2.52. The average Bonchev–Trinajstić information content (AvgIpc) is 2.43. The van der Waals surface area contributed by atoms with Gasteiger partial charge in [-0.2, -0.15) is 0 Å². The minimum atomic E-state index is -2.00. The Kier molecular flexibility index (Phi) is 5.48. The number of alkyl carbamates (subject to hydrolysis) is 1. The number of hydrogen-bond acceptors (Lipinski definition) is 5. The monoisotopic (exact) mass is 283 g/mol. The third-order valence-electron chi connectivity index (χ3n) is 2.63. The summed E-state index contributed by atoms with van der Waals surface area (Å²) in [5.74, 6) is -1.57. The molecule has 1 aromatic carbocycles. The first-order chi connectivity index (χ1) is 9.33. The zero-order valence-electron chi connectivity index (χ0n) is 10.9. The summed E-state index contributed by atoms with van der Waals surface area (Å²) in [4.78, 5) is 21.9. The summed E-state index contributed by atoms with van der Waals surface area (Å²) >= 11 is 0. The number of aliphatic carboxylic acids is 1. The van der Waals surface area contributed by atoms with Crippen LogP contribution in [0.2, 0.25) is 0 Å². The lowest BCUT2D eigenvalue weighted by molar-refractivity contribution is -0.160. The van der Waals surface area contributed by atoms with Crippen LogP contribution in [-0.2, 0) is 16.1 Å². The van der Waals surface area contributed by atoms with E-state index in [1.807, 2.05) is 6.07 Å². The molecular formula is C13H17NO6. The van der Waals surface area contributed by atoms with Crippen LogP contribution in [0.3, 0.4) is 0 Å². The van der Waals surface area contributed by atoms with E-state index in [0.29, 0.717) is 0 Å². The normalized spacial score (nSPS) is 14.9. The van der Waals surface area contributed by atoms with Gasteiger partial charge in [-0.3, -0.25) is 0 Å². The maximum absolute atomic E-state index is 11.4. The molecule has 4 N–H and O–H groups in total. The second-order valence-corrected chi connectivity index (χ2v) is 4.51. The summed E-state index contributed by atoms with van der Waals surface area (Å²) in [6, 6.07) is 8.97. The molecular weight excluding hydrogens is 266 g/mol. The number of carbonyl (C=O) groups is 2.